The molecule has 1 aliphatic rings. The van der Waals surface area contributed by atoms with Crippen molar-refractivity contribution >= 4 is 23.5 Å². The van der Waals surface area contributed by atoms with Crippen molar-refractivity contribution in [2.45, 2.75) is 19.4 Å². The molecule has 0 atom stereocenters. The van der Waals surface area contributed by atoms with E-state index in [9.17, 15) is 4.79 Å². The van der Waals surface area contributed by atoms with Crippen molar-refractivity contribution in [1.29, 1.82) is 0 Å². The number of hydrogen-bond donors (Lipinski definition) is 1. The first-order valence-electron chi connectivity index (χ1n) is 9.50. The van der Waals surface area contributed by atoms with Crippen molar-refractivity contribution in [3.63, 3.8) is 0 Å². The van der Waals surface area contributed by atoms with Crippen molar-refractivity contribution in [3.05, 3.63) is 77.6 Å². The van der Waals surface area contributed by atoms with Gasteiger partial charge in [-0.2, -0.15) is 16.9 Å². The molecule has 0 saturated carbocycles. The van der Waals surface area contributed by atoms with Gasteiger partial charge in [0.1, 0.15) is 0 Å². The summed E-state index contributed by atoms with van der Waals surface area (Å²) >= 11 is 1.81. The van der Waals surface area contributed by atoms with Crippen molar-refractivity contribution in [2.75, 3.05) is 23.9 Å². The maximum Gasteiger partial charge on any atom is 0.322 e. The molecule has 0 saturated heterocycles. The number of thioether (sulfide) groups is 1. The highest BCUT2D eigenvalue weighted by molar-refractivity contribution is 7.98. The molecule has 0 unspecified atom stereocenters. The average molecular weight is 393 g/mol. The van der Waals surface area contributed by atoms with Gasteiger partial charge in [-0.1, -0.05) is 36.4 Å². The predicted molar refractivity (Wildman–Crippen MR) is 115 cm³/mol. The number of rotatable bonds is 5. The Bertz CT molecular complexity index is 954. The highest BCUT2D eigenvalue weighted by Gasteiger charge is 2.24. The quantitative estimate of drug-likeness (QED) is 0.702. The van der Waals surface area contributed by atoms with Gasteiger partial charge in [-0.3, -0.25) is 0 Å². The summed E-state index contributed by atoms with van der Waals surface area (Å²) in [4.78, 5) is 14.7. The number of hydrogen-bond acceptors (Lipinski definition) is 3. The lowest BCUT2D eigenvalue weighted by atomic mass is 10.1. The minimum Gasteiger partial charge on any atom is -0.320 e. The largest absolute Gasteiger partial charge is 0.322 e. The number of aromatic nitrogens is 2. The molecule has 3 aromatic rings. The zero-order valence-electron chi connectivity index (χ0n) is 16.0. The van der Waals surface area contributed by atoms with E-state index in [1.54, 1.807) is 0 Å². The Labute approximate surface area is 169 Å². The second-order valence-corrected chi connectivity index (χ2v) is 7.85. The van der Waals surface area contributed by atoms with Crippen molar-refractivity contribution in [3.8, 4) is 5.69 Å². The van der Waals surface area contributed by atoms with Crippen LogP contribution in [0.3, 0.4) is 0 Å². The SMILES string of the molecule is CSCCc1ccccc1NC(=O)N1CCc2c(cnn2-c2ccccc2)C1. The number of urea groups is 1. The van der Waals surface area contributed by atoms with E-state index in [-0.39, 0.29) is 6.03 Å². The van der Waals surface area contributed by atoms with Gasteiger partial charge in [0.2, 0.25) is 0 Å². The number of fused-ring (bicyclic) bond motifs is 1. The van der Waals surface area contributed by atoms with Crippen LogP contribution in [0.4, 0.5) is 10.5 Å². The highest BCUT2D eigenvalue weighted by Crippen LogP contribution is 2.23. The fourth-order valence-corrected chi connectivity index (χ4v) is 3.99. The smallest absolute Gasteiger partial charge is 0.320 e. The molecule has 144 valence electrons. The third-order valence-electron chi connectivity index (χ3n) is 5.06. The summed E-state index contributed by atoms with van der Waals surface area (Å²) in [5, 5.41) is 7.66. The molecule has 1 aliphatic heterocycles. The van der Waals surface area contributed by atoms with E-state index in [2.05, 4.69) is 34.9 Å². The van der Waals surface area contributed by atoms with Crippen LogP contribution in [-0.4, -0.2) is 39.3 Å². The molecular weight excluding hydrogens is 368 g/mol. The number of carbonyl (C=O) groups is 1. The fraction of sp³-hybridized carbons (Fsp3) is 0.273. The summed E-state index contributed by atoms with van der Waals surface area (Å²) in [6, 6.07) is 18.2. The van der Waals surface area contributed by atoms with E-state index in [1.165, 1.54) is 11.3 Å². The van der Waals surface area contributed by atoms with Crippen LogP contribution >= 0.6 is 11.8 Å². The second kappa shape index (κ2) is 8.52. The molecule has 0 radical (unpaired) electrons. The summed E-state index contributed by atoms with van der Waals surface area (Å²) in [6.45, 7) is 1.27. The van der Waals surface area contributed by atoms with E-state index in [0.29, 0.717) is 13.1 Å². The lowest BCUT2D eigenvalue weighted by Crippen LogP contribution is -2.39. The number of nitrogens with one attached hydrogen (secondary N) is 1. The van der Waals surface area contributed by atoms with Crippen LogP contribution in [0.2, 0.25) is 0 Å². The molecule has 2 aromatic carbocycles. The van der Waals surface area contributed by atoms with Crippen LogP contribution in [0.5, 0.6) is 0 Å². The minimum atomic E-state index is -0.0466. The Balaban J connectivity index is 1.47. The normalized spacial score (nSPS) is 13.2. The third kappa shape index (κ3) is 3.92. The van der Waals surface area contributed by atoms with E-state index >= 15 is 0 Å². The molecule has 2 amide bonds. The molecule has 0 spiro atoms. The van der Waals surface area contributed by atoms with Gasteiger partial charge in [0.15, 0.2) is 0 Å². The van der Waals surface area contributed by atoms with Crippen LogP contribution in [0.25, 0.3) is 5.69 Å². The molecule has 28 heavy (non-hydrogen) atoms. The van der Waals surface area contributed by atoms with Gasteiger partial charge < -0.3 is 10.2 Å². The predicted octanol–water partition coefficient (Wildman–Crippen LogP) is 4.37. The zero-order valence-corrected chi connectivity index (χ0v) is 16.8. The molecule has 0 bridgehead atoms. The molecule has 0 aliphatic carbocycles. The minimum absolute atomic E-state index is 0.0466. The Hall–Kier alpha value is -2.73. The summed E-state index contributed by atoms with van der Waals surface area (Å²) in [7, 11) is 0. The summed E-state index contributed by atoms with van der Waals surface area (Å²) in [5.74, 6) is 1.04. The first-order chi connectivity index (χ1) is 13.8. The highest BCUT2D eigenvalue weighted by atomic mass is 32.2. The van der Waals surface area contributed by atoms with E-state index < -0.39 is 0 Å². The Morgan fingerprint density at radius 2 is 1.93 bits per heavy atom. The first kappa shape index (κ1) is 18.6. The van der Waals surface area contributed by atoms with Gasteiger partial charge >= 0.3 is 6.03 Å². The Kier molecular flexibility index (Phi) is 5.67. The number of nitrogens with zero attached hydrogens (tertiary/aromatic N) is 3. The standard InChI is InChI=1S/C22H24N4OS/c1-28-14-12-17-7-5-6-10-20(17)24-22(27)25-13-11-21-18(16-25)15-23-26(21)19-8-3-2-4-9-19/h2-10,15H,11-14,16H2,1H3,(H,24,27). The molecule has 0 fully saturated rings. The molecule has 5 nitrogen and oxygen atoms in total. The Morgan fingerprint density at radius 1 is 1.14 bits per heavy atom. The maximum absolute atomic E-state index is 12.9. The first-order valence-corrected chi connectivity index (χ1v) is 10.9. The number of carbonyl (C=O) groups excluding carboxylic acids is 1. The van der Waals surface area contributed by atoms with Crippen LogP contribution in [-0.2, 0) is 19.4 Å². The molecule has 1 N–H and O–H groups in total. The lowest BCUT2D eigenvalue weighted by Gasteiger charge is -2.28. The molecule has 4 rings (SSSR count). The average Bonchev–Trinajstić information content (AvgIpc) is 3.17. The fourth-order valence-electron chi connectivity index (χ4n) is 3.56. The number of para-hydroxylation sites is 2. The zero-order chi connectivity index (χ0) is 19.3. The Morgan fingerprint density at radius 3 is 2.75 bits per heavy atom. The van der Waals surface area contributed by atoms with E-state index in [4.69, 9.17) is 0 Å². The summed E-state index contributed by atoms with van der Waals surface area (Å²) < 4.78 is 1.99. The monoisotopic (exact) mass is 392 g/mol. The topological polar surface area (TPSA) is 50.2 Å². The second-order valence-electron chi connectivity index (χ2n) is 6.87. The van der Waals surface area contributed by atoms with Crippen molar-refractivity contribution in [1.82, 2.24) is 14.7 Å². The van der Waals surface area contributed by atoms with Crippen LogP contribution in [0.1, 0.15) is 16.8 Å². The molecule has 1 aromatic heterocycles. The number of amides is 2. The van der Waals surface area contributed by atoms with Crippen molar-refractivity contribution in [2.24, 2.45) is 0 Å². The van der Waals surface area contributed by atoms with Gasteiger partial charge in [-0.25, -0.2) is 9.48 Å². The van der Waals surface area contributed by atoms with Crippen LogP contribution < -0.4 is 5.32 Å². The number of anilines is 1. The van der Waals surface area contributed by atoms with Gasteiger partial charge in [0, 0.05) is 24.2 Å². The summed E-state index contributed by atoms with van der Waals surface area (Å²) in [5.41, 5.74) is 5.45. The third-order valence-corrected chi connectivity index (χ3v) is 5.67. The van der Waals surface area contributed by atoms with Gasteiger partial charge in [-0.15, -0.1) is 0 Å². The van der Waals surface area contributed by atoms with E-state index in [0.717, 1.165) is 35.5 Å². The molecule has 2 heterocycles. The van der Waals surface area contributed by atoms with E-state index in [1.807, 2.05) is 63.9 Å². The van der Waals surface area contributed by atoms with Crippen LogP contribution in [0, 0.1) is 0 Å². The lowest BCUT2D eigenvalue weighted by molar-refractivity contribution is 0.206. The van der Waals surface area contributed by atoms with Gasteiger partial charge in [-0.05, 0) is 42.2 Å². The number of benzene rings is 2. The van der Waals surface area contributed by atoms with Gasteiger partial charge in [0.25, 0.3) is 0 Å². The maximum atomic E-state index is 12.9. The van der Waals surface area contributed by atoms with Gasteiger partial charge in [0.05, 0.1) is 24.1 Å². The molecular formula is C22H24N4OS. The summed E-state index contributed by atoms with van der Waals surface area (Å²) in [6.07, 6.45) is 5.73. The molecule has 6 heteroatoms. The van der Waals surface area contributed by atoms with Crippen LogP contribution in [0.15, 0.2) is 60.8 Å². The number of aryl methyl sites for hydroxylation is 1. The van der Waals surface area contributed by atoms with Crippen molar-refractivity contribution < 1.29 is 4.79 Å².